The molecule has 1 aliphatic rings. The summed E-state index contributed by atoms with van der Waals surface area (Å²) in [7, 11) is 0. The van der Waals surface area contributed by atoms with Gasteiger partial charge in [0, 0.05) is 43.0 Å². The van der Waals surface area contributed by atoms with Crippen LogP contribution in [0.25, 0.3) is 11.3 Å². The summed E-state index contributed by atoms with van der Waals surface area (Å²) in [5.74, 6) is 0.800. The van der Waals surface area contributed by atoms with E-state index in [2.05, 4.69) is 20.2 Å². The number of hydrogen-bond acceptors (Lipinski definition) is 4. The number of nitrogens with one attached hydrogen (secondary N) is 1. The lowest BCUT2D eigenvalue weighted by Gasteiger charge is -2.27. The molecule has 98 valence electrons. The quantitative estimate of drug-likeness (QED) is 0.912. The molecule has 0 bridgehead atoms. The highest BCUT2D eigenvalue weighted by atomic mass is 35.5. The van der Waals surface area contributed by atoms with Crippen LogP contribution >= 0.6 is 11.6 Å². The third kappa shape index (κ3) is 2.85. The molecule has 0 unspecified atom stereocenters. The Bertz CT molecular complexity index is 550. The Morgan fingerprint density at radius 3 is 2.53 bits per heavy atom. The molecule has 1 aromatic heterocycles. The average Bonchev–Trinajstić information content (AvgIpc) is 2.49. The molecule has 0 radical (unpaired) electrons. The van der Waals surface area contributed by atoms with Crippen LogP contribution in [0.4, 0.5) is 5.95 Å². The van der Waals surface area contributed by atoms with Gasteiger partial charge in [0.05, 0.1) is 5.69 Å². The molecule has 1 N–H and O–H groups in total. The molecular formula is C14H15ClN4. The minimum Gasteiger partial charge on any atom is -0.338 e. The lowest BCUT2D eigenvalue weighted by Crippen LogP contribution is -2.44. The van der Waals surface area contributed by atoms with Crippen LogP contribution in [-0.2, 0) is 0 Å². The smallest absolute Gasteiger partial charge is 0.225 e. The zero-order chi connectivity index (χ0) is 13.1. The number of anilines is 1. The first kappa shape index (κ1) is 12.4. The van der Waals surface area contributed by atoms with Gasteiger partial charge < -0.3 is 10.2 Å². The number of aromatic nitrogens is 2. The SMILES string of the molecule is Clc1ccc(-c2ccnc(N3CCNCC3)n2)cc1. The molecule has 1 fully saturated rings. The van der Waals surface area contributed by atoms with Crippen molar-refractivity contribution in [2.45, 2.75) is 0 Å². The fraction of sp³-hybridized carbons (Fsp3) is 0.286. The largest absolute Gasteiger partial charge is 0.338 e. The Kier molecular flexibility index (Phi) is 3.62. The predicted molar refractivity (Wildman–Crippen MR) is 77.6 cm³/mol. The fourth-order valence-electron chi connectivity index (χ4n) is 2.15. The van der Waals surface area contributed by atoms with Crippen LogP contribution in [0.3, 0.4) is 0 Å². The zero-order valence-corrected chi connectivity index (χ0v) is 11.3. The van der Waals surface area contributed by atoms with Crippen LogP contribution in [0.1, 0.15) is 0 Å². The van der Waals surface area contributed by atoms with Crippen LogP contribution < -0.4 is 10.2 Å². The number of piperazine rings is 1. The first-order valence-electron chi connectivity index (χ1n) is 6.37. The van der Waals surface area contributed by atoms with Gasteiger partial charge in [0.1, 0.15) is 0 Å². The topological polar surface area (TPSA) is 41.1 Å². The number of nitrogens with zero attached hydrogens (tertiary/aromatic N) is 3. The van der Waals surface area contributed by atoms with E-state index >= 15 is 0 Å². The molecule has 0 spiro atoms. The fourth-order valence-corrected chi connectivity index (χ4v) is 2.27. The Labute approximate surface area is 117 Å². The van der Waals surface area contributed by atoms with Gasteiger partial charge in [-0.3, -0.25) is 0 Å². The zero-order valence-electron chi connectivity index (χ0n) is 10.5. The normalized spacial score (nSPS) is 15.5. The third-order valence-electron chi connectivity index (χ3n) is 3.18. The molecule has 1 aliphatic heterocycles. The van der Waals surface area contributed by atoms with E-state index < -0.39 is 0 Å². The van der Waals surface area contributed by atoms with Crippen molar-refractivity contribution in [2.75, 3.05) is 31.1 Å². The summed E-state index contributed by atoms with van der Waals surface area (Å²) in [5.41, 5.74) is 1.99. The van der Waals surface area contributed by atoms with E-state index in [1.54, 1.807) is 0 Å². The number of halogens is 1. The van der Waals surface area contributed by atoms with E-state index in [1.165, 1.54) is 0 Å². The molecule has 0 atom stereocenters. The molecule has 19 heavy (non-hydrogen) atoms. The Hall–Kier alpha value is -1.65. The highest BCUT2D eigenvalue weighted by Gasteiger charge is 2.13. The predicted octanol–water partition coefficient (Wildman–Crippen LogP) is 2.21. The minimum absolute atomic E-state index is 0.736. The summed E-state index contributed by atoms with van der Waals surface area (Å²) < 4.78 is 0. The molecule has 2 heterocycles. The van der Waals surface area contributed by atoms with Crippen LogP contribution in [-0.4, -0.2) is 36.1 Å². The number of hydrogen-bond donors (Lipinski definition) is 1. The second-order valence-corrected chi connectivity index (χ2v) is 4.92. The summed E-state index contributed by atoms with van der Waals surface area (Å²) >= 11 is 5.90. The molecule has 2 aromatic rings. The summed E-state index contributed by atoms with van der Waals surface area (Å²) in [5, 5.41) is 4.06. The van der Waals surface area contributed by atoms with Gasteiger partial charge in [-0.15, -0.1) is 0 Å². The molecule has 0 amide bonds. The molecule has 1 saturated heterocycles. The van der Waals surface area contributed by atoms with Gasteiger partial charge in [-0.05, 0) is 18.2 Å². The van der Waals surface area contributed by atoms with Gasteiger partial charge in [-0.1, -0.05) is 23.7 Å². The second kappa shape index (κ2) is 5.55. The van der Waals surface area contributed by atoms with E-state index in [9.17, 15) is 0 Å². The van der Waals surface area contributed by atoms with Crippen LogP contribution in [0.15, 0.2) is 36.5 Å². The maximum Gasteiger partial charge on any atom is 0.225 e. The van der Waals surface area contributed by atoms with Crippen molar-refractivity contribution in [3.8, 4) is 11.3 Å². The maximum atomic E-state index is 5.90. The number of rotatable bonds is 2. The molecule has 0 saturated carbocycles. The van der Waals surface area contributed by atoms with Crippen molar-refractivity contribution in [2.24, 2.45) is 0 Å². The standard InChI is InChI=1S/C14H15ClN4/c15-12-3-1-11(2-4-12)13-5-6-17-14(18-13)19-9-7-16-8-10-19/h1-6,16H,7-10H2. The summed E-state index contributed by atoms with van der Waals surface area (Å²) in [6, 6.07) is 9.64. The third-order valence-corrected chi connectivity index (χ3v) is 3.43. The van der Waals surface area contributed by atoms with Gasteiger partial charge in [0.25, 0.3) is 0 Å². The molecule has 4 nitrogen and oxygen atoms in total. The van der Waals surface area contributed by atoms with Crippen LogP contribution in [0.5, 0.6) is 0 Å². The maximum absolute atomic E-state index is 5.90. The highest BCUT2D eigenvalue weighted by molar-refractivity contribution is 6.30. The Morgan fingerprint density at radius 1 is 1.05 bits per heavy atom. The first-order chi connectivity index (χ1) is 9.33. The lowest BCUT2D eigenvalue weighted by atomic mass is 10.1. The van der Waals surface area contributed by atoms with E-state index in [4.69, 9.17) is 11.6 Å². The van der Waals surface area contributed by atoms with Gasteiger partial charge in [-0.25, -0.2) is 9.97 Å². The average molecular weight is 275 g/mol. The molecule has 3 rings (SSSR count). The van der Waals surface area contributed by atoms with E-state index in [1.807, 2.05) is 36.5 Å². The van der Waals surface area contributed by atoms with Gasteiger partial charge in [0.2, 0.25) is 5.95 Å². The lowest BCUT2D eigenvalue weighted by molar-refractivity contribution is 0.580. The van der Waals surface area contributed by atoms with Crippen molar-refractivity contribution >= 4 is 17.5 Å². The van der Waals surface area contributed by atoms with Gasteiger partial charge in [-0.2, -0.15) is 0 Å². The van der Waals surface area contributed by atoms with Crippen molar-refractivity contribution in [3.05, 3.63) is 41.6 Å². The number of benzene rings is 1. The summed E-state index contributed by atoms with van der Waals surface area (Å²) in [6.45, 7) is 3.86. The summed E-state index contributed by atoms with van der Waals surface area (Å²) in [4.78, 5) is 11.2. The van der Waals surface area contributed by atoms with Crippen molar-refractivity contribution < 1.29 is 0 Å². The van der Waals surface area contributed by atoms with Crippen molar-refractivity contribution in [1.29, 1.82) is 0 Å². The van der Waals surface area contributed by atoms with Crippen molar-refractivity contribution in [3.63, 3.8) is 0 Å². The molecular weight excluding hydrogens is 260 g/mol. The Balaban J connectivity index is 1.88. The van der Waals surface area contributed by atoms with E-state index in [-0.39, 0.29) is 0 Å². The van der Waals surface area contributed by atoms with E-state index in [0.717, 1.165) is 48.4 Å². The minimum atomic E-state index is 0.736. The monoisotopic (exact) mass is 274 g/mol. The van der Waals surface area contributed by atoms with Crippen LogP contribution in [0.2, 0.25) is 5.02 Å². The first-order valence-corrected chi connectivity index (χ1v) is 6.75. The van der Waals surface area contributed by atoms with Gasteiger partial charge in [0.15, 0.2) is 0 Å². The van der Waals surface area contributed by atoms with Crippen LogP contribution in [0, 0.1) is 0 Å². The molecule has 0 aliphatic carbocycles. The highest BCUT2D eigenvalue weighted by Crippen LogP contribution is 2.21. The summed E-state index contributed by atoms with van der Waals surface area (Å²) in [6.07, 6.45) is 1.81. The second-order valence-electron chi connectivity index (χ2n) is 4.49. The molecule has 1 aromatic carbocycles. The van der Waals surface area contributed by atoms with Gasteiger partial charge >= 0.3 is 0 Å². The molecule has 5 heteroatoms. The van der Waals surface area contributed by atoms with Crippen molar-refractivity contribution in [1.82, 2.24) is 15.3 Å². The Morgan fingerprint density at radius 2 is 1.79 bits per heavy atom. The van der Waals surface area contributed by atoms with E-state index in [0.29, 0.717) is 0 Å².